The summed E-state index contributed by atoms with van der Waals surface area (Å²) in [6.07, 6.45) is 59.4. The number of hydrogen-bond donors (Lipinski definition) is 9. The number of aliphatic hydroxyl groups excluding tert-OH is 8. The van der Waals surface area contributed by atoms with Crippen molar-refractivity contribution in [1.29, 1.82) is 0 Å². The summed E-state index contributed by atoms with van der Waals surface area (Å²) in [5.41, 5.74) is 0. The highest BCUT2D eigenvalue weighted by molar-refractivity contribution is 5.76. The lowest BCUT2D eigenvalue weighted by Gasteiger charge is -2.46. The van der Waals surface area contributed by atoms with E-state index in [1.807, 2.05) is 6.08 Å². The van der Waals surface area contributed by atoms with E-state index in [0.717, 1.165) is 77.0 Å². The average molecular weight is 1220 g/mol. The van der Waals surface area contributed by atoms with Gasteiger partial charge in [0, 0.05) is 6.42 Å². The highest BCUT2D eigenvalue weighted by Crippen LogP contribution is 2.30. The molecule has 0 aromatic heterocycles. The lowest BCUT2D eigenvalue weighted by Crippen LogP contribution is -2.65. The molecule has 14 nitrogen and oxygen atoms in total. The van der Waals surface area contributed by atoms with Gasteiger partial charge >= 0.3 is 0 Å². The van der Waals surface area contributed by atoms with Crippen LogP contribution < -0.4 is 5.32 Å². The Bertz CT molecular complexity index is 1720. The predicted molar refractivity (Wildman–Crippen MR) is 350 cm³/mol. The zero-order chi connectivity index (χ0) is 62.3. The molecule has 0 bridgehead atoms. The van der Waals surface area contributed by atoms with Crippen LogP contribution in [0.5, 0.6) is 0 Å². The van der Waals surface area contributed by atoms with E-state index in [-0.39, 0.29) is 18.9 Å². The molecule has 1 amide bonds. The minimum atomic E-state index is -1.79. The Hall–Kier alpha value is -2.57. The maximum Gasteiger partial charge on any atom is 0.220 e. The van der Waals surface area contributed by atoms with E-state index in [9.17, 15) is 45.6 Å². The van der Waals surface area contributed by atoms with Crippen molar-refractivity contribution in [3.8, 4) is 0 Å². The summed E-state index contributed by atoms with van der Waals surface area (Å²) in [6, 6.07) is -0.920. The van der Waals surface area contributed by atoms with Crippen LogP contribution in [0.2, 0.25) is 0 Å². The molecule has 2 rings (SSSR count). The van der Waals surface area contributed by atoms with Crippen LogP contribution in [-0.2, 0) is 23.7 Å². The number of allylic oxidation sites excluding steroid dienone is 11. The molecule has 14 heteroatoms. The Kier molecular flexibility index (Phi) is 52.2. The van der Waals surface area contributed by atoms with Gasteiger partial charge in [-0.25, -0.2) is 0 Å². The van der Waals surface area contributed by atoms with Crippen molar-refractivity contribution in [3.63, 3.8) is 0 Å². The molecule has 0 aromatic carbocycles. The van der Waals surface area contributed by atoms with Crippen LogP contribution in [0.15, 0.2) is 72.9 Å². The van der Waals surface area contributed by atoms with Gasteiger partial charge in [-0.05, 0) is 64.2 Å². The number of unbranched alkanes of at least 4 members (excludes halogenated alkanes) is 34. The molecule has 2 aliphatic heterocycles. The first-order valence-corrected chi connectivity index (χ1v) is 35.2. The molecule has 9 N–H and O–H groups in total. The van der Waals surface area contributed by atoms with Gasteiger partial charge in [-0.2, -0.15) is 0 Å². The van der Waals surface area contributed by atoms with Crippen LogP contribution in [0.25, 0.3) is 0 Å². The Morgan fingerprint density at radius 3 is 1.23 bits per heavy atom. The SMILES string of the molecule is CC/C=C\C/C=C\C/C=C\C/C=C\C/C=C\CCCCCCCCCCCCCCCC(=O)NC(COC1OC(CO)C(OC2OC(CO)C(O)C(O)C2O)C(O)C1O)C(O)/C=C/CCCCCCCCCCCCCCCCCCCCCCC. The molecule has 12 atom stereocenters. The second-order valence-electron chi connectivity index (χ2n) is 24.6. The summed E-state index contributed by atoms with van der Waals surface area (Å²) in [6.45, 7) is 2.72. The van der Waals surface area contributed by atoms with Crippen molar-refractivity contribution >= 4 is 5.91 Å². The maximum absolute atomic E-state index is 13.3. The molecule has 86 heavy (non-hydrogen) atoms. The fourth-order valence-electron chi connectivity index (χ4n) is 11.3. The first kappa shape index (κ1) is 79.5. The molecule has 2 fully saturated rings. The second-order valence-corrected chi connectivity index (χ2v) is 24.6. The molecule has 2 heterocycles. The van der Waals surface area contributed by atoms with Crippen molar-refractivity contribution in [2.45, 2.75) is 357 Å². The molecular formula is C72H129NO13. The number of carbonyl (C=O) groups is 1. The normalized spacial score (nSPS) is 23.8. The van der Waals surface area contributed by atoms with E-state index >= 15 is 0 Å². The van der Waals surface area contributed by atoms with Gasteiger partial charge < -0.3 is 65.1 Å². The summed E-state index contributed by atoms with van der Waals surface area (Å²) in [4.78, 5) is 13.3. The molecule has 0 spiro atoms. The molecule has 2 saturated heterocycles. The van der Waals surface area contributed by atoms with Crippen LogP contribution >= 0.6 is 0 Å². The van der Waals surface area contributed by atoms with Gasteiger partial charge in [-0.1, -0.05) is 286 Å². The Labute approximate surface area is 523 Å². The zero-order valence-electron chi connectivity index (χ0n) is 54.3. The number of amides is 1. The van der Waals surface area contributed by atoms with E-state index in [0.29, 0.717) is 6.42 Å². The van der Waals surface area contributed by atoms with Crippen LogP contribution in [0.4, 0.5) is 0 Å². The fourth-order valence-corrected chi connectivity index (χ4v) is 11.3. The lowest BCUT2D eigenvalue weighted by molar-refractivity contribution is -0.359. The number of ether oxygens (including phenoxy) is 4. The Balaban J connectivity index is 1.68. The van der Waals surface area contributed by atoms with E-state index < -0.39 is 86.8 Å². The van der Waals surface area contributed by atoms with Crippen molar-refractivity contribution in [2.24, 2.45) is 0 Å². The number of rotatable bonds is 57. The van der Waals surface area contributed by atoms with E-state index in [1.54, 1.807) is 6.08 Å². The van der Waals surface area contributed by atoms with Gasteiger partial charge in [0.15, 0.2) is 12.6 Å². The summed E-state index contributed by atoms with van der Waals surface area (Å²) < 4.78 is 22.9. The molecule has 0 aliphatic carbocycles. The van der Waals surface area contributed by atoms with E-state index in [1.165, 1.54) is 180 Å². The third-order valence-corrected chi connectivity index (χ3v) is 16.9. The molecule has 0 aromatic rings. The fraction of sp³-hybridized carbons (Fsp3) is 0.819. The monoisotopic (exact) mass is 1220 g/mol. The topological polar surface area (TPSA) is 228 Å². The summed E-state index contributed by atoms with van der Waals surface area (Å²) in [5, 5.41) is 87.5. The quantitative estimate of drug-likeness (QED) is 0.0204. The molecule has 12 unspecified atom stereocenters. The Morgan fingerprint density at radius 1 is 0.430 bits per heavy atom. The van der Waals surface area contributed by atoms with Crippen molar-refractivity contribution in [3.05, 3.63) is 72.9 Å². The van der Waals surface area contributed by atoms with Gasteiger partial charge in [0.25, 0.3) is 0 Å². The van der Waals surface area contributed by atoms with Crippen LogP contribution in [-0.4, -0.2) is 140 Å². The third-order valence-electron chi connectivity index (χ3n) is 16.9. The molecule has 500 valence electrons. The minimum absolute atomic E-state index is 0.240. The zero-order valence-corrected chi connectivity index (χ0v) is 54.3. The van der Waals surface area contributed by atoms with Crippen LogP contribution in [0.1, 0.15) is 284 Å². The summed E-state index contributed by atoms with van der Waals surface area (Å²) >= 11 is 0. The standard InChI is InChI=1S/C72H129NO13/c1-3-5-7-9-11-13-15-17-19-21-23-25-27-28-29-30-31-32-34-36-38-40-42-44-46-48-50-52-54-56-64(77)73-60(59-83-71-69(82)67(80)70(63(58-75)85-71)86-72-68(81)66(79)65(78)62(57-74)84-72)61(76)55-53-51-49-47-45-43-41-39-37-35-33-26-24-22-20-18-16-14-12-10-8-6-4-2/h5,7,11,13,17,19,23,25,28-29,53,55,60-63,65-72,74-76,78-82H,3-4,6,8-10,12,14-16,18,20-22,24,26-27,30-52,54,56-59H2,1-2H3,(H,73,77)/b7-5-,13-11-,19-17-,25-23-,29-28-,55-53+. The first-order chi connectivity index (χ1) is 42.1. The number of hydrogen-bond acceptors (Lipinski definition) is 13. The molecule has 0 saturated carbocycles. The van der Waals surface area contributed by atoms with Crippen molar-refractivity contribution in [2.75, 3.05) is 19.8 Å². The van der Waals surface area contributed by atoms with Crippen LogP contribution in [0, 0.1) is 0 Å². The third kappa shape index (κ3) is 40.2. The van der Waals surface area contributed by atoms with Gasteiger partial charge in [-0.3, -0.25) is 4.79 Å². The smallest absolute Gasteiger partial charge is 0.220 e. The number of nitrogens with one attached hydrogen (secondary N) is 1. The minimum Gasteiger partial charge on any atom is -0.394 e. The van der Waals surface area contributed by atoms with Crippen molar-refractivity contribution in [1.82, 2.24) is 5.32 Å². The largest absolute Gasteiger partial charge is 0.394 e. The average Bonchev–Trinajstić information content (AvgIpc) is 2.53. The van der Waals surface area contributed by atoms with E-state index in [2.05, 4.69) is 79.9 Å². The Morgan fingerprint density at radius 2 is 0.802 bits per heavy atom. The van der Waals surface area contributed by atoms with Crippen molar-refractivity contribution < 1.29 is 64.6 Å². The highest BCUT2D eigenvalue weighted by Gasteiger charge is 2.51. The summed E-state index contributed by atoms with van der Waals surface area (Å²) in [7, 11) is 0. The first-order valence-electron chi connectivity index (χ1n) is 35.2. The predicted octanol–water partition coefficient (Wildman–Crippen LogP) is 14.2. The molecule has 0 radical (unpaired) electrons. The van der Waals surface area contributed by atoms with Gasteiger partial charge in [-0.15, -0.1) is 0 Å². The van der Waals surface area contributed by atoms with Gasteiger partial charge in [0.05, 0.1) is 32.0 Å². The van der Waals surface area contributed by atoms with Gasteiger partial charge in [0.2, 0.25) is 5.91 Å². The lowest BCUT2D eigenvalue weighted by atomic mass is 9.97. The number of aliphatic hydroxyl groups is 8. The summed E-state index contributed by atoms with van der Waals surface area (Å²) in [5.74, 6) is -0.240. The molecular weight excluding hydrogens is 1090 g/mol. The second kappa shape index (κ2) is 56.4. The van der Waals surface area contributed by atoms with Gasteiger partial charge in [0.1, 0.15) is 48.8 Å². The van der Waals surface area contributed by atoms with E-state index in [4.69, 9.17) is 18.9 Å². The molecule has 2 aliphatic rings. The number of carbonyl (C=O) groups excluding carboxylic acids is 1. The van der Waals surface area contributed by atoms with Crippen LogP contribution in [0.3, 0.4) is 0 Å². The highest BCUT2D eigenvalue weighted by atomic mass is 16.7. The maximum atomic E-state index is 13.3.